The van der Waals surface area contributed by atoms with Crippen LogP contribution in [0.4, 0.5) is 0 Å². The monoisotopic (exact) mass is 415 g/mol. The molecule has 0 aliphatic carbocycles. The number of nitrogens with zero attached hydrogens (tertiary/aromatic N) is 1. The lowest BCUT2D eigenvalue weighted by atomic mass is 10.1. The van der Waals surface area contributed by atoms with Crippen LogP contribution in [0.15, 0.2) is 58.9 Å². The van der Waals surface area contributed by atoms with Crippen molar-refractivity contribution >= 4 is 48.3 Å². The van der Waals surface area contributed by atoms with Crippen molar-refractivity contribution in [2.75, 3.05) is 7.11 Å². The molecule has 28 heavy (non-hydrogen) atoms. The summed E-state index contributed by atoms with van der Waals surface area (Å²) in [6.45, 7) is 0. The maximum absolute atomic E-state index is 13.5. The van der Waals surface area contributed by atoms with Gasteiger partial charge < -0.3 is 9.84 Å². The molecular formula is C20H17NO5S2. The van der Waals surface area contributed by atoms with Crippen LogP contribution in [-0.4, -0.2) is 30.6 Å². The molecule has 0 atom stereocenters. The van der Waals surface area contributed by atoms with Crippen LogP contribution in [0.1, 0.15) is 12.0 Å². The molecule has 0 amide bonds. The zero-order valence-electron chi connectivity index (χ0n) is 15.0. The Morgan fingerprint density at radius 2 is 1.96 bits per heavy atom. The number of aryl methyl sites for hydroxylation is 1. The molecule has 4 aromatic rings. The third-order valence-corrected chi connectivity index (χ3v) is 7.48. The number of aliphatic carboxylic acids is 1. The Kier molecular flexibility index (Phi) is 4.60. The van der Waals surface area contributed by atoms with Crippen LogP contribution < -0.4 is 4.74 Å². The number of carboxylic acids is 1. The van der Waals surface area contributed by atoms with Gasteiger partial charge in [0.2, 0.25) is 0 Å². The number of fused-ring (bicyclic) bond motifs is 2. The zero-order chi connectivity index (χ0) is 19.9. The molecule has 0 unspecified atom stereocenters. The summed E-state index contributed by atoms with van der Waals surface area (Å²) in [6, 6.07) is 12.5. The van der Waals surface area contributed by atoms with Crippen LogP contribution >= 0.6 is 11.3 Å². The number of benzene rings is 2. The molecule has 0 spiro atoms. The van der Waals surface area contributed by atoms with Gasteiger partial charge >= 0.3 is 5.97 Å². The lowest BCUT2D eigenvalue weighted by molar-refractivity contribution is -0.136. The van der Waals surface area contributed by atoms with E-state index in [0.717, 1.165) is 4.70 Å². The Labute approximate surface area is 165 Å². The van der Waals surface area contributed by atoms with Gasteiger partial charge in [0.25, 0.3) is 10.0 Å². The van der Waals surface area contributed by atoms with Crippen molar-refractivity contribution in [1.82, 2.24) is 3.97 Å². The second kappa shape index (κ2) is 6.96. The number of methoxy groups -OCH3 is 1. The second-order valence-corrected chi connectivity index (χ2v) is 9.02. The van der Waals surface area contributed by atoms with E-state index < -0.39 is 16.0 Å². The number of ether oxygens (including phenoxy) is 1. The summed E-state index contributed by atoms with van der Waals surface area (Å²) in [5, 5.41) is 12.0. The SMILES string of the molecule is COc1ccc2c(c1)c(CCC(=O)O)cn2S(=O)(=O)c1csc2ccccc12. The van der Waals surface area contributed by atoms with Gasteiger partial charge in [-0.1, -0.05) is 18.2 Å². The molecule has 0 radical (unpaired) electrons. The van der Waals surface area contributed by atoms with E-state index in [4.69, 9.17) is 9.84 Å². The molecule has 2 aromatic heterocycles. The average Bonchev–Trinajstić information content (AvgIpc) is 3.28. The third-order valence-electron chi connectivity index (χ3n) is 4.65. The molecular weight excluding hydrogens is 398 g/mol. The van der Waals surface area contributed by atoms with Crippen molar-refractivity contribution in [1.29, 1.82) is 0 Å². The molecule has 0 bridgehead atoms. The van der Waals surface area contributed by atoms with Crippen LogP contribution in [0.3, 0.4) is 0 Å². The molecule has 2 aromatic carbocycles. The van der Waals surface area contributed by atoms with Crippen LogP contribution in [0, 0.1) is 0 Å². The topological polar surface area (TPSA) is 85.6 Å². The summed E-state index contributed by atoms with van der Waals surface area (Å²) >= 11 is 1.38. The number of rotatable bonds is 6. The molecule has 0 aliphatic heterocycles. The van der Waals surface area contributed by atoms with E-state index in [2.05, 4.69) is 0 Å². The van der Waals surface area contributed by atoms with Crippen LogP contribution in [0.2, 0.25) is 0 Å². The summed E-state index contributed by atoms with van der Waals surface area (Å²) in [7, 11) is -2.32. The highest BCUT2D eigenvalue weighted by molar-refractivity contribution is 7.90. The van der Waals surface area contributed by atoms with E-state index in [1.807, 2.05) is 18.2 Å². The summed E-state index contributed by atoms with van der Waals surface area (Å²) in [4.78, 5) is 11.3. The van der Waals surface area contributed by atoms with E-state index >= 15 is 0 Å². The van der Waals surface area contributed by atoms with E-state index in [1.165, 1.54) is 28.6 Å². The average molecular weight is 415 g/mol. The molecule has 144 valence electrons. The van der Waals surface area contributed by atoms with Crippen LogP contribution in [-0.2, 0) is 21.2 Å². The van der Waals surface area contributed by atoms with E-state index in [-0.39, 0.29) is 17.7 Å². The van der Waals surface area contributed by atoms with E-state index in [9.17, 15) is 13.2 Å². The number of carboxylic acid groups (broad SMARTS) is 1. The molecule has 8 heteroatoms. The molecule has 0 aliphatic rings. The summed E-state index contributed by atoms with van der Waals surface area (Å²) < 4.78 is 34.3. The predicted molar refractivity (Wildman–Crippen MR) is 109 cm³/mol. The smallest absolute Gasteiger partial charge is 0.303 e. The molecule has 0 saturated heterocycles. The van der Waals surface area contributed by atoms with Crippen molar-refractivity contribution in [3.63, 3.8) is 0 Å². The van der Waals surface area contributed by atoms with Crippen molar-refractivity contribution in [2.24, 2.45) is 0 Å². The molecule has 0 saturated carbocycles. The van der Waals surface area contributed by atoms with Gasteiger partial charge in [0.1, 0.15) is 10.6 Å². The third kappa shape index (κ3) is 3.04. The van der Waals surface area contributed by atoms with Gasteiger partial charge in [-0.25, -0.2) is 12.4 Å². The van der Waals surface area contributed by atoms with Crippen molar-refractivity contribution in [2.45, 2.75) is 17.7 Å². The number of thiophene rings is 1. The number of hydrogen-bond acceptors (Lipinski definition) is 5. The standard InChI is InChI=1S/C20H17NO5S2/c1-26-14-7-8-17-16(10-14)13(6-9-20(22)23)11-21(17)28(24,25)19-12-27-18-5-3-2-4-15(18)19/h2-5,7-8,10-12H,6,9H2,1H3,(H,22,23). The number of aromatic nitrogens is 1. The van der Waals surface area contributed by atoms with Crippen LogP contribution in [0.25, 0.3) is 21.0 Å². The lowest BCUT2D eigenvalue weighted by Gasteiger charge is -2.07. The zero-order valence-corrected chi connectivity index (χ0v) is 16.6. The van der Waals surface area contributed by atoms with Gasteiger partial charge in [-0.05, 0) is 36.2 Å². The van der Waals surface area contributed by atoms with Gasteiger partial charge in [-0.2, -0.15) is 0 Å². The Morgan fingerprint density at radius 3 is 2.71 bits per heavy atom. The fourth-order valence-corrected chi connectivity index (χ4v) is 6.14. The molecule has 6 nitrogen and oxygen atoms in total. The fraction of sp³-hybridized carbons (Fsp3) is 0.150. The summed E-state index contributed by atoms with van der Waals surface area (Å²) in [6.07, 6.45) is 1.67. The normalized spacial score (nSPS) is 11.9. The number of hydrogen-bond donors (Lipinski definition) is 1. The van der Waals surface area contributed by atoms with Crippen molar-refractivity contribution < 1.29 is 23.1 Å². The molecule has 2 heterocycles. The first kappa shape index (κ1) is 18.5. The lowest BCUT2D eigenvalue weighted by Crippen LogP contribution is -2.11. The van der Waals surface area contributed by atoms with Crippen molar-refractivity contribution in [3.8, 4) is 5.75 Å². The largest absolute Gasteiger partial charge is 0.497 e. The summed E-state index contributed by atoms with van der Waals surface area (Å²) in [5.74, 6) is -0.351. The highest BCUT2D eigenvalue weighted by Gasteiger charge is 2.24. The first-order valence-corrected chi connectivity index (χ1v) is 10.9. The Morgan fingerprint density at radius 1 is 1.18 bits per heavy atom. The van der Waals surface area contributed by atoms with Crippen LogP contribution in [0.5, 0.6) is 5.75 Å². The maximum atomic E-state index is 13.5. The Hall–Kier alpha value is -2.84. The second-order valence-electron chi connectivity index (χ2n) is 6.33. The highest BCUT2D eigenvalue weighted by atomic mass is 32.2. The van der Waals surface area contributed by atoms with Gasteiger partial charge in [0.05, 0.1) is 12.6 Å². The van der Waals surface area contributed by atoms with Crippen molar-refractivity contribution in [3.05, 3.63) is 59.6 Å². The predicted octanol–water partition coefficient (Wildman–Crippen LogP) is 4.12. The minimum atomic E-state index is -3.85. The highest BCUT2D eigenvalue weighted by Crippen LogP contribution is 2.34. The molecule has 0 fully saturated rings. The fourth-order valence-electron chi connectivity index (χ4n) is 3.27. The Bertz CT molecular complexity index is 1300. The minimum Gasteiger partial charge on any atom is -0.497 e. The quantitative estimate of drug-likeness (QED) is 0.512. The Balaban J connectivity index is 1.93. The maximum Gasteiger partial charge on any atom is 0.303 e. The molecule has 1 N–H and O–H groups in total. The van der Waals surface area contributed by atoms with Gasteiger partial charge in [-0.15, -0.1) is 11.3 Å². The van der Waals surface area contributed by atoms with Gasteiger partial charge in [0.15, 0.2) is 0 Å². The van der Waals surface area contributed by atoms with E-state index in [1.54, 1.807) is 29.6 Å². The molecule has 4 rings (SSSR count). The van der Waals surface area contributed by atoms with Gasteiger partial charge in [0, 0.05) is 33.5 Å². The first-order chi connectivity index (χ1) is 13.4. The number of carbonyl (C=O) groups is 1. The van der Waals surface area contributed by atoms with E-state index in [0.29, 0.717) is 27.6 Å². The minimum absolute atomic E-state index is 0.0856. The first-order valence-electron chi connectivity index (χ1n) is 8.53. The van der Waals surface area contributed by atoms with Gasteiger partial charge in [-0.3, -0.25) is 4.79 Å². The summed E-state index contributed by atoms with van der Waals surface area (Å²) in [5.41, 5.74) is 1.15.